The average Bonchev–Trinajstić information content (AvgIpc) is 3.19. The standard InChI is InChI=1S/C16H17N5OS3/c1-9-5-4-6-13(10(9)2)19-15-20-21-16(25-15)24-8-12-7-23-14(18-12)17-11(3)22/h4-7H,8H2,1-3H3,(H,19,20)(H,17,18,22). The van der Waals surface area contributed by atoms with Crippen LogP contribution in [0.4, 0.5) is 16.0 Å². The van der Waals surface area contributed by atoms with E-state index in [1.165, 1.54) is 40.7 Å². The van der Waals surface area contributed by atoms with E-state index in [0.29, 0.717) is 10.9 Å². The molecule has 0 atom stereocenters. The topological polar surface area (TPSA) is 79.8 Å². The Bertz CT molecular complexity index is 890. The maximum Gasteiger partial charge on any atom is 0.223 e. The number of amides is 1. The zero-order chi connectivity index (χ0) is 17.8. The summed E-state index contributed by atoms with van der Waals surface area (Å²) in [6, 6.07) is 6.15. The van der Waals surface area contributed by atoms with Crippen LogP contribution in [0.5, 0.6) is 0 Å². The Labute approximate surface area is 158 Å². The van der Waals surface area contributed by atoms with E-state index in [2.05, 4.69) is 45.7 Å². The average molecular weight is 392 g/mol. The molecule has 0 saturated heterocycles. The van der Waals surface area contributed by atoms with Crippen LogP contribution < -0.4 is 10.6 Å². The van der Waals surface area contributed by atoms with Gasteiger partial charge in [0.1, 0.15) is 0 Å². The van der Waals surface area contributed by atoms with Crippen molar-refractivity contribution in [2.45, 2.75) is 30.9 Å². The molecule has 0 saturated carbocycles. The summed E-state index contributed by atoms with van der Waals surface area (Å²) in [7, 11) is 0. The van der Waals surface area contributed by atoms with E-state index < -0.39 is 0 Å². The van der Waals surface area contributed by atoms with Gasteiger partial charge in [0.05, 0.1) is 5.69 Å². The highest BCUT2D eigenvalue weighted by atomic mass is 32.2. The highest BCUT2D eigenvalue weighted by molar-refractivity contribution is 8.00. The minimum atomic E-state index is -0.111. The number of nitrogens with zero attached hydrogens (tertiary/aromatic N) is 3. The summed E-state index contributed by atoms with van der Waals surface area (Å²) in [6.07, 6.45) is 0. The number of nitrogens with one attached hydrogen (secondary N) is 2. The number of thiazole rings is 1. The second-order valence-electron chi connectivity index (χ2n) is 5.36. The number of aromatic nitrogens is 3. The van der Waals surface area contributed by atoms with Gasteiger partial charge in [-0.15, -0.1) is 21.5 Å². The van der Waals surface area contributed by atoms with E-state index in [4.69, 9.17) is 0 Å². The maximum atomic E-state index is 11.0. The number of aryl methyl sites for hydroxylation is 1. The molecule has 0 unspecified atom stereocenters. The van der Waals surface area contributed by atoms with Crippen molar-refractivity contribution in [3.05, 3.63) is 40.4 Å². The Hall–Kier alpha value is -1.97. The van der Waals surface area contributed by atoms with Gasteiger partial charge < -0.3 is 10.6 Å². The van der Waals surface area contributed by atoms with E-state index in [9.17, 15) is 4.79 Å². The van der Waals surface area contributed by atoms with E-state index in [0.717, 1.165) is 20.9 Å². The van der Waals surface area contributed by atoms with Crippen molar-refractivity contribution in [2.75, 3.05) is 10.6 Å². The van der Waals surface area contributed by atoms with Crippen molar-refractivity contribution < 1.29 is 4.79 Å². The summed E-state index contributed by atoms with van der Waals surface area (Å²) in [5, 5.41) is 17.8. The summed E-state index contributed by atoms with van der Waals surface area (Å²) in [6.45, 7) is 5.65. The molecule has 2 heterocycles. The van der Waals surface area contributed by atoms with Gasteiger partial charge >= 0.3 is 0 Å². The van der Waals surface area contributed by atoms with Gasteiger partial charge in [-0.25, -0.2) is 4.98 Å². The van der Waals surface area contributed by atoms with Crippen molar-refractivity contribution >= 4 is 56.3 Å². The third kappa shape index (κ3) is 4.77. The van der Waals surface area contributed by atoms with Crippen molar-refractivity contribution in [1.29, 1.82) is 0 Å². The van der Waals surface area contributed by atoms with Crippen LogP contribution >= 0.6 is 34.4 Å². The number of anilines is 3. The van der Waals surface area contributed by atoms with Crippen LogP contribution in [0.15, 0.2) is 27.9 Å². The van der Waals surface area contributed by atoms with Crippen molar-refractivity contribution in [1.82, 2.24) is 15.2 Å². The molecular weight excluding hydrogens is 374 g/mol. The Morgan fingerprint density at radius 3 is 2.88 bits per heavy atom. The lowest BCUT2D eigenvalue weighted by molar-refractivity contribution is -0.114. The molecule has 0 bridgehead atoms. The van der Waals surface area contributed by atoms with E-state index in [1.54, 1.807) is 11.8 Å². The number of carbonyl (C=O) groups excluding carboxylic acids is 1. The van der Waals surface area contributed by atoms with Crippen LogP contribution in [0, 0.1) is 13.8 Å². The molecule has 2 N–H and O–H groups in total. The fourth-order valence-corrected chi connectivity index (χ4v) is 4.56. The summed E-state index contributed by atoms with van der Waals surface area (Å²) in [5.41, 5.74) is 4.41. The van der Waals surface area contributed by atoms with Crippen LogP contribution in [0.2, 0.25) is 0 Å². The summed E-state index contributed by atoms with van der Waals surface area (Å²) < 4.78 is 0.877. The van der Waals surface area contributed by atoms with Gasteiger partial charge in [0.15, 0.2) is 9.47 Å². The SMILES string of the molecule is CC(=O)Nc1nc(CSc2nnc(Nc3cccc(C)c3C)s2)cs1. The fourth-order valence-electron chi connectivity index (χ4n) is 2.04. The number of benzene rings is 1. The molecule has 2 aromatic heterocycles. The second-order valence-corrected chi connectivity index (χ2v) is 8.42. The van der Waals surface area contributed by atoms with Crippen molar-refractivity contribution in [2.24, 2.45) is 0 Å². The predicted molar refractivity (Wildman–Crippen MR) is 105 cm³/mol. The molecule has 0 fully saturated rings. The maximum absolute atomic E-state index is 11.0. The van der Waals surface area contributed by atoms with E-state index in [-0.39, 0.29) is 5.91 Å². The van der Waals surface area contributed by atoms with Gasteiger partial charge in [-0.2, -0.15) is 0 Å². The number of thioether (sulfide) groups is 1. The molecular formula is C16H17N5OS3. The van der Waals surface area contributed by atoms with Gasteiger partial charge in [-0.3, -0.25) is 4.79 Å². The first-order chi connectivity index (χ1) is 12.0. The molecule has 0 aliphatic carbocycles. The first-order valence-corrected chi connectivity index (χ1v) is 10.2. The molecule has 130 valence electrons. The third-order valence-electron chi connectivity index (χ3n) is 3.43. The molecule has 25 heavy (non-hydrogen) atoms. The number of hydrogen-bond donors (Lipinski definition) is 2. The van der Waals surface area contributed by atoms with Gasteiger partial charge in [0, 0.05) is 23.7 Å². The zero-order valence-corrected chi connectivity index (χ0v) is 16.4. The first kappa shape index (κ1) is 17.8. The molecule has 0 radical (unpaired) electrons. The van der Waals surface area contributed by atoms with E-state index >= 15 is 0 Å². The minimum absolute atomic E-state index is 0.111. The van der Waals surface area contributed by atoms with Crippen molar-refractivity contribution in [3.63, 3.8) is 0 Å². The monoisotopic (exact) mass is 391 g/mol. The molecule has 3 rings (SSSR count). The van der Waals surface area contributed by atoms with Crippen LogP contribution in [0.1, 0.15) is 23.7 Å². The largest absolute Gasteiger partial charge is 0.330 e. The highest BCUT2D eigenvalue weighted by Crippen LogP contribution is 2.31. The Kier molecular flexibility index (Phi) is 5.67. The summed E-state index contributed by atoms with van der Waals surface area (Å²) >= 11 is 4.52. The lowest BCUT2D eigenvalue weighted by Crippen LogP contribution is -2.05. The first-order valence-electron chi connectivity index (χ1n) is 7.53. The van der Waals surface area contributed by atoms with Crippen LogP contribution in [0.3, 0.4) is 0 Å². The number of hydrogen-bond acceptors (Lipinski definition) is 8. The highest BCUT2D eigenvalue weighted by Gasteiger charge is 2.09. The fraction of sp³-hybridized carbons (Fsp3) is 0.250. The second kappa shape index (κ2) is 7.94. The Morgan fingerprint density at radius 1 is 1.24 bits per heavy atom. The number of rotatable bonds is 6. The predicted octanol–water partition coefficient (Wildman–Crippen LogP) is 4.61. The smallest absolute Gasteiger partial charge is 0.223 e. The minimum Gasteiger partial charge on any atom is -0.330 e. The van der Waals surface area contributed by atoms with Crippen LogP contribution in [-0.2, 0) is 10.5 Å². The van der Waals surface area contributed by atoms with Gasteiger partial charge in [0.2, 0.25) is 11.0 Å². The summed E-state index contributed by atoms with van der Waals surface area (Å²) in [5.74, 6) is 0.577. The normalized spacial score (nSPS) is 10.7. The third-order valence-corrected chi connectivity index (χ3v) is 6.24. The molecule has 0 aliphatic heterocycles. The quantitative estimate of drug-likeness (QED) is 0.598. The molecule has 1 amide bonds. The Balaban J connectivity index is 1.59. The van der Waals surface area contributed by atoms with Gasteiger partial charge in [-0.1, -0.05) is 35.2 Å². The van der Waals surface area contributed by atoms with E-state index in [1.807, 2.05) is 17.5 Å². The van der Waals surface area contributed by atoms with Crippen LogP contribution in [0.25, 0.3) is 0 Å². The van der Waals surface area contributed by atoms with Gasteiger partial charge in [0.25, 0.3) is 0 Å². The molecule has 1 aromatic carbocycles. The zero-order valence-electron chi connectivity index (χ0n) is 14.0. The van der Waals surface area contributed by atoms with Crippen LogP contribution in [-0.4, -0.2) is 21.1 Å². The molecule has 0 aliphatic rings. The molecule has 3 aromatic rings. The van der Waals surface area contributed by atoms with Crippen molar-refractivity contribution in [3.8, 4) is 0 Å². The lowest BCUT2D eigenvalue weighted by Gasteiger charge is -2.08. The lowest BCUT2D eigenvalue weighted by atomic mass is 10.1. The molecule has 9 heteroatoms. The number of carbonyl (C=O) groups is 1. The van der Waals surface area contributed by atoms with Gasteiger partial charge in [-0.05, 0) is 31.0 Å². The Morgan fingerprint density at radius 2 is 2.08 bits per heavy atom. The molecule has 0 spiro atoms. The molecule has 6 nitrogen and oxygen atoms in total. The summed E-state index contributed by atoms with van der Waals surface area (Å²) in [4.78, 5) is 15.4.